The van der Waals surface area contributed by atoms with Gasteiger partial charge in [-0.15, -0.1) is 0 Å². The molecule has 0 aliphatic carbocycles. The molecule has 6 nitrogen and oxygen atoms in total. The van der Waals surface area contributed by atoms with Gasteiger partial charge in [-0.25, -0.2) is 4.39 Å². The first kappa shape index (κ1) is 27.2. The van der Waals surface area contributed by atoms with Gasteiger partial charge in [0.05, 0.1) is 18.7 Å². The van der Waals surface area contributed by atoms with E-state index in [2.05, 4.69) is 30.5 Å². The van der Waals surface area contributed by atoms with Gasteiger partial charge in [0.15, 0.2) is 0 Å². The van der Waals surface area contributed by atoms with Crippen LogP contribution in [-0.4, -0.2) is 29.0 Å². The SMILES string of the molecule is CC(C)Cc1ccc(CCCNc2ccc(CNCCCP(=O)(O)O)cc2-c2ccoc2)cc1F. The monoisotopic (exact) mass is 502 g/mol. The molecule has 2 aromatic carbocycles. The highest BCUT2D eigenvalue weighted by Gasteiger charge is 2.12. The number of nitrogens with one attached hydrogen (secondary N) is 2. The molecule has 0 unspecified atom stereocenters. The molecule has 0 radical (unpaired) electrons. The van der Waals surface area contributed by atoms with Gasteiger partial charge in [0, 0.05) is 29.9 Å². The quantitative estimate of drug-likeness (QED) is 0.160. The average molecular weight is 503 g/mol. The molecular weight excluding hydrogens is 466 g/mol. The highest BCUT2D eigenvalue weighted by molar-refractivity contribution is 7.51. The van der Waals surface area contributed by atoms with Crippen LogP contribution in [0.5, 0.6) is 0 Å². The Kier molecular flexibility index (Phi) is 10.1. The van der Waals surface area contributed by atoms with Gasteiger partial charge in [-0.3, -0.25) is 4.57 Å². The number of furan rings is 1. The summed E-state index contributed by atoms with van der Waals surface area (Å²) in [6.07, 6.45) is 6.08. The van der Waals surface area contributed by atoms with Crippen molar-refractivity contribution in [2.45, 2.75) is 46.1 Å². The van der Waals surface area contributed by atoms with Gasteiger partial charge in [-0.2, -0.15) is 0 Å². The number of anilines is 1. The van der Waals surface area contributed by atoms with Gasteiger partial charge in [0.2, 0.25) is 0 Å². The van der Waals surface area contributed by atoms with Crippen LogP contribution >= 0.6 is 7.60 Å². The Hall–Kier alpha value is -2.44. The minimum absolute atomic E-state index is 0.113. The molecule has 3 rings (SSSR count). The van der Waals surface area contributed by atoms with Gasteiger partial charge in [-0.05, 0) is 79.1 Å². The number of halogens is 1. The molecule has 0 bridgehead atoms. The van der Waals surface area contributed by atoms with Crippen LogP contribution in [0.15, 0.2) is 59.4 Å². The summed E-state index contributed by atoms with van der Waals surface area (Å²) in [6.45, 7) is 6.07. The predicted octanol–water partition coefficient (Wildman–Crippen LogP) is 5.99. The fourth-order valence-corrected chi connectivity index (χ4v) is 4.59. The Labute approximate surface area is 207 Å². The molecule has 8 heteroatoms. The first-order valence-corrected chi connectivity index (χ1v) is 13.9. The summed E-state index contributed by atoms with van der Waals surface area (Å²) in [4.78, 5) is 17.9. The van der Waals surface area contributed by atoms with Crippen molar-refractivity contribution >= 4 is 13.3 Å². The Morgan fingerprint density at radius 2 is 1.83 bits per heavy atom. The molecule has 1 aromatic heterocycles. The highest BCUT2D eigenvalue weighted by atomic mass is 31.2. The second kappa shape index (κ2) is 13.0. The van der Waals surface area contributed by atoms with Gasteiger partial charge in [-0.1, -0.05) is 32.0 Å². The molecule has 0 aliphatic rings. The van der Waals surface area contributed by atoms with Crippen molar-refractivity contribution in [2.75, 3.05) is 24.6 Å². The maximum atomic E-state index is 14.4. The normalized spacial score (nSPS) is 11.8. The first-order chi connectivity index (χ1) is 16.7. The van der Waals surface area contributed by atoms with Crippen molar-refractivity contribution in [2.24, 2.45) is 5.92 Å². The third-order valence-corrected chi connectivity index (χ3v) is 6.65. The van der Waals surface area contributed by atoms with Crippen LogP contribution < -0.4 is 10.6 Å². The van der Waals surface area contributed by atoms with Crippen molar-refractivity contribution in [3.05, 3.63) is 77.5 Å². The highest BCUT2D eigenvalue weighted by Crippen LogP contribution is 2.34. The van der Waals surface area contributed by atoms with E-state index in [0.29, 0.717) is 25.4 Å². The maximum Gasteiger partial charge on any atom is 0.325 e. The number of aryl methyl sites for hydroxylation is 1. The molecule has 0 fully saturated rings. The number of hydrogen-bond donors (Lipinski definition) is 4. The maximum absolute atomic E-state index is 14.4. The lowest BCUT2D eigenvalue weighted by molar-refractivity contribution is 0.371. The zero-order chi connectivity index (χ0) is 25.3. The summed E-state index contributed by atoms with van der Waals surface area (Å²) >= 11 is 0. The molecule has 0 saturated heterocycles. The summed E-state index contributed by atoms with van der Waals surface area (Å²) in [5, 5.41) is 6.74. The molecule has 4 N–H and O–H groups in total. The predicted molar refractivity (Wildman–Crippen MR) is 139 cm³/mol. The van der Waals surface area contributed by atoms with E-state index < -0.39 is 7.60 Å². The zero-order valence-corrected chi connectivity index (χ0v) is 21.4. The van der Waals surface area contributed by atoms with E-state index in [1.807, 2.05) is 30.3 Å². The second-order valence-electron chi connectivity index (χ2n) is 9.36. The third kappa shape index (κ3) is 9.26. The second-order valence-corrected chi connectivity index (χ2v) is 11.1. The standard InChI is InChI=1S/C27H36FN2O4P/c1-20(2)15-23-8-6-21(17-26(23)28)5-3-12-30-27-9-7-22(16-25(27)24-10-13-34-19-24)18-29-11-4-14-35(31,32)33/h6-10,13,16-17,19-20,29-30H,3-5,11-12,14-15,18H2,1-2H3,(H2,31,32,33). The molecule has 190 valence electrons. The fraction of sp³-hybridized carbons (Fsp3) is 0.407. The number of rotatable bonds is 14. The minimum atomic E-state index is -3.95. The molecule has 0 saturated carbocycles. The third-order valence-electron chi connectivity index (χ3n) is 5.75. The van der Waals surface area contributed by atoms with Gasteiger partial charge in [0.25, 0.3) is 0 Å². The van der Waals surface area contributed by atoms with Crippen LogP contribution in [0.25, 0.3) is 11.1 Å². The minimum Gasteiger partial charge on any atom is -0.472 e. The Morgan fingerprint density at radius 3 is 2.51 bits per heavy atom. The molecule has 0 aliphatic heterocycles. The van der Waals surface area contributed by atoms with E-state index in [9.17, 15) is 8.96 Å². The molecule has 0 amide bonds. The lowest BCUT2D eigenvalue weighted by atomic mass is 9.99. The fourth-order valence-electron chi connectivity index (χ4n) is 4.02. The lowest BCUT2D eigenvalue weighted by Gasteiger charge is -2.14. The topological polar surface area (TPSA) is 94.7 Å². The van der Waals surface area contributed by atoms with Crippen molar-refractivity contribution < 1.29 is 23.2 Å². The van der Waals surface area contributed by atoms with E-state index in [-0.39, 0.29) is 12.0 Å². The Bertz CT molecular complexity index is 1110. The van der Waals surface area contributed by atoms with Crippen LogP contribution in [0.1, 0.15) is 43.4 Å². The smallest absolute Gasteiger partial charge is 0.325 e. The molecule has 0 atom stereocenters. The number of benzene rings is 2. The van der Waals surface area contributed by atoms with Crippen molar-refractivity contribution in [3.63, 3.8) is 0 Å². The molecule has 3 aromatic rings. The summed E-state index contributed by atoms with van der Waals surface area (Å²) < 4.78 is 30.6. The van der Waals surface area contributed by atoms with Crippen LogP contribution in [-0.2, 0) is 24.0 Å². The Morgan fingerprint density at radius 1 is 1.03 bits per heavy atom. The molecule has 35 heavy (non-hydrogen) atoms. The van der Waals surface area contributed by atoms with Gasteiger partial charge < -0.3 is 24.8 Å². The van der Waals surface area contributed by atoms with E-state index in [4.69, 9.17) is 14.2 Å². The van der Waals surface area contributed by atoms with Crippen LogP contribution in [0.2, 0.25) is 0 Å². The van der Waals surface area contributed by atoms with Crippen molar-refractivity contribution in [1.29, 1.82) is 0 Å². The summed E-state index contributed by atoms with van der Waals surface area (Å²) in [7, 11) is -3.95. The van der Waals surface area contributed by atoms with Crippen LogP contribution in [0, 0.1) is 11.7 Å². The summed E-state index contributed by atoms with van der Waals surface area (Å²) in [6, 6.07) is 13.7. The van der Waals surface area contributed by atoms with Crippen LogP contribution in [0.3, 0.4) is 0 Å². The summed E-state index contributed by atoms with van der Waals surface area (Å²) in [5.41, 5.74) is 5.85. The van der Waals surface area contributed by atoms with E-state index in [1.54, 1.807) is 18.6 Å². The average Bonchev–Trinajstić information content (AvgIpc) is 3.32. The Balaban J connectivity index is 1.55. The first-order valence-electron chi connectivity index (χ1n) is 12.1. The van der Waals surface area contributed by atoms with Crippen LogP contribution in [0.4, 0.5) is 10.1 Å². The van der Waals surface area contributed by atoms with Gasteiger partial charge in [0.1, 0.15) is 5.82 Å². The van der Waals surface area contributed by atoms with E-state index in [0.717, 1.165) is 59.3 Å². The lowest BCUT2D eigenvalue weighted by Crippen LogP contribution is -2.16. The zero-order valence-electron chi connectivity index (χ0n) is 20.5. The molecule has 0 spiro atoms. The number of hydrogen-bond acceptors (Lipinski definition) is 4. The van der Waals surface area contributed by atoms with E-state index in [1.165, 1.54) is 0 Å². The largest absolute Gasteiger partial charge is 0.472 e. The molecule has 1 heterocycles. The van der Waals surface area contributed by atoms with Crippen molar-refractivity contribution in [1.82, 2.24) is 5.32 Å². The van der Waals surface area contributed by atoms with E-state index >= 15 is 0 Å². The molecular formula is C27H36FN2O4P. The summed E-state index contributed by atoms with van der Waals surface area (Å²) in [5.74, 6) is 0.316. The van der Waals surface area contributed by atoms with Crippen molar-refractivity contribution in [3.8, 4) is 11.1 Å². The van der Waals surface area contributed by atoms with Gasteiger partial charge >= 0.3 is 7.60 Å².